The van der Waals surface area contributed by atoms with Gasteiger partial charge in [0.1, 0.15) is 6.04 Å². The van der Waals surface area contributed by atoms with E-state index in [1.165, 1.54) is 0 Å². The zero-order chi connectivity index (χ0) is 15.7. The number of hydrogen-bond donors (Lipinski definition) is 4. The molecule has 0 aromatic heterocycles. The zero-order valence-electron chi connectivity index (χ0n) is 11.0. The third-order valence-electron chi connectivity index (χ3n) is 2.24. The second-order valence-electron chi connectivity index (χ2n) is 3.84. The van der Waals surface area contributed by atoms with E-state index in [-0.39, 0.29) is 36.1 Å². The summed E-state index contributed by atoms with van der Waals surface area (Å²) in [6.07, 6.45) is -1.43. The van der Waals surface area contributed by atoms with E-state index < -0.39 is 48.8 Å². The summed E-state index contributed by atoms with van der Waals surface area (Å²) in [7, 11) is 0. The molecule has 114 valence electrons. The maximum Gasteiger partial charge on any atom is 2.00 e. The summed E-state index contributed by atoms with van der Waals surface area (Å²) in [6, 6.07) is -2.79. The predicted molar refractivity (Wildman–Crippen MR) is 63.9 cm³/mol. The predicted octanol–water partition coefficient (Wildman–Crippen LogP) is -5.03. The smallest absolute Gasteiger partial charge is 0.550 e. The van der Waals surface area contributed by atoms with E-state index in [0.717, 1.165) is 0 Å². The number of carboxylic acid groups (broad SMARTS) is 4. The van der Waals surface area contributed by atoms with Crippen LogP contribution in [0.4, 0.5) is 0 Å². The van der Waals surface area contributed by atoms with Gasteiger partial charge < -0.3 is 40.6 Å². The number of hydrogen-bond acceptors (Lipinski definition) is 8. The molecular weight excluding hydrogens is 300 g/mol. The Morgan fingerprint density at radius 2 is 1.38 bits per heavy atom. The molecule has 0 unspecified atom stereocenters. The molecule has 0 radical (unpaired) electrons. The number of carbonyl (C=O) groups is 4. The van der Waals surface area contributed by atoms with Crippen molar-refractivity contribution in [2.24, 2.45) is 0 Å². The van der Waals surface area contributed by atoms with Gasteiger partial charge in [-0.15, -0.1) is 0 Å². The van der Waals surface area contributed by atoms with Crippen LogP contribution in [0.1, 0.15) is 12.8 Å². The van der Waals surface area contributed by atoms with Gasteiger partial charge in [-0.2, -0.15) is 0 Å². The molecule has 21 heavy (non-hydrogen) atoms. The Hall–Kier alpha value is -1.43. The van der Waals surface area contributed by atoms with Gasteiger partial charge in [0.05, 0.1) is 18.4 Å². The Labute approximate surface area is 135 Å². The van der Waals surface area contributed by atoms with Crippen molar-refractivity contribution in [3.05, 3.63) is 0 Å². The van der Waals surface area contributed by atoms with Crippen LogP contribution < -0.4 is 20.8 Å². The van der Waals surface area contributed by atoms with Crippen LogP contribution in [0.5, 0.6) is 0 Å². The fourth-order valence-corrected chi connectivity index (χ4v) is 1.32. The van der Waals surface area contributed by atoms with Crippen molar-refractivity contribution in [3.63, 3.8) is 0 Å². The Morgan fingerprint density at radius 3 is 1.71 bits per heavy atom. The average molecular weight is 315 g/mol. The van der Waals surface area contributed by atoms with Gasteiger partial charge in [0.15, 0.2) is 0 Å². The summed E-state index contributed by atoms with van der Waals surface area (Å²) in [5.74, 6) is -5.87. The van der Waals surface area contributed by atoms with Gasteiger partial charge in [-0.1, -0.05) is 0 Å². The fourth-order valence-electron chi connectivity index (χ4n) is 1.32. The molecule has 0 aliphatic rings. The summed E-state index contributed by atoms with van der Waals surface area (Å²) >= 11 is 0. The first-order valence-electron chi connectivity index (χ1n) is 5.56. The molecule has 0 saturated carbocycles. The summed E-state index contributed by atoms with van der Waals surface area (Å²) in [4.78, 5) is 41.9. The Kier molecular flexibility index (Phi) is 11.7. The van der Waals surface area contributed by atoms with E-state index in [9.17, 15) is 29.4 Å². The number of carboxylic acids is 4. The third kappa shape index (κ3) is 11.0. The van der Waals surface area contributed by atoms with E-state index in [0.29, 0.717) is 0 Å². The minimum absolute atomic E-state index is 0. The summed E-state index contributed by atoms with van der Waals surface area (Å²) < 4.78 is 0. The van der Waals surface area contributed by atoms with Gasteiger partial charge >= 0.3 is 35.0 Å². The number of carbonyl (C=O) groups excluding carboxylic acids is 2. The van der Waals surface area contributed by atoms with Crippen molar-refractivity contribution in [1.82, 2.24) is 10.6 Å². The first kappa shape index (κ1) is 21.9. The van der Waals surface area contributed by atoms with E-state index in [2.05, 4.69) is 10.6 Å². The molecule has 0 rings (SSSR count). The first-order valence-corrected chi connectivity index (χ1v) is 5.56. The molecular formula is C10H14MgN2O8. The van der Waals surface area contributed by atoms with Crippen molar-refractivity contribution in [1.29, 1.82) is 0 Å². The molecule has 0 bridgehead atoms. The molecule has 0 spiro atoms. The van der Waals surface area contributed by atoms with Crippen LogP contribution in [0.15, 0.2) is 0 Å². The molecule has 10 nitrogen and oxygen atoms in total. The van der Waals surface area contributed by atoms with Crippen LogP contribution in [-0.4, -0.2) is 82.3 Å². The molecule has 0 aliphatic carbocycles. The van der Waals surface area contributed by atoms with E-state index >= 15 is 0 Å². The molecule has 0 aromatic carbocycles. The van der Waals surface area contributed by atoms with Crippen LogP contribution >= 0.6 is 0 Å². The maximum atomic E-state index is 10.7. The van der Waals surface area contributed by atoms with E-state index in [4.69, 9.17) is 10.2 Å². The fraction of sp³-hybridized carbons (Fsp3) is 0.600. The summed E-state index contributed by atoms with van der Waals surface area (Å²) in [5, 5.41) is 42.7. The van der Waals surface area contributed by atoms with Crippen LogP contribution in [0.3, 0.4) is 0 Å². The topological polar surface area (TPSA) is 179 Å². The van der Waals surface area contributed by atoms with Crippen LogP contribution in [0.25, 0.3) is 0 Å². The van der Waals surface area contributed by atoms with Gasteiger partial charge in [-0.25, -0.2) is 0 Å². The van der Waals surface area contributed by atoms with Crippen molar-refractivity contribution in [2.45, 2.75) is 24.9 Å². The van der Waals surface area contributed by atoms with Gasteiger partial charge in [0, 0.05) is 25.5 Å². The standard InChI is InChI=1S/C10H16N2O8.Mg/c13-7(14)3-5(9(17)18)11-1-2-12-6(10(19)20)4-8(15)16;/h5-6,11-12H,1-4H2,(H,13,14)(H,15,16)(H,17,18)(H,19,20);/q;+2/p-2/t5-,6-;/m0./s1. The first-order chi connectivity index (χ1) is 9.23. The molecule has 0 heterocycles. The molecule has 0 fully saturated rings. The van der Waals surface area contributed by atoms with Crippen molar-refractivity contribution < 1.29 is 39.6 Å². The second kappa shape index (κ2) is 11.3. The minimum Gasteiger partial charge on any atom is -0.550 e. The van der Waals surface area contributed by atoms with Gasteiger partial charge in [-0.3, -0.25) is 9.59 Å². The Bertz CT molecular complexity index is 353. The molecule has 0 aliphatic heterocycles. The van der Waals surface area contributed by atoms with Crippen LogP contribution in [0, 0.1) is 0 Å². The SMILES string of the molecule is O=C([O-])C[C@H](NCCN[C@@H](CC(=O)O)C(=O)[O-])C(=O)O.[Mg+2]. The zero-order valence-corrected chi connectivity index (χ0v) is 12.4. The quantitative estimate of drug-likeness (QED) is 0.213. The molecule has 4 N–H and O–H groups in total. The Balaban J connectivity index is 0. The molecule has 2 atom stereocenters. The van der Waals surface area contributed by atoms with E-state index in [1.54, 1.807) is 0 Å². The van der Waals surface area contributed by atoms with Crippen molar-refractivity contribution in [3.8, 4) is 0 Å². The van der Waals surface area contributed by atoms with Gasteiger partial charge in [-0.05, 0) is 0 Å². The molecule has 0 amide bonds. The second-order valence-corrected chi connectivity index (χ2v) is 3.84. The molecule has 0 saturated heterocycles. The van der Waals surface area contributed by atoms with Crippen LogP contribution in [0.2, 0.25) is 0 Å². The number of rotatable bonds is 11. The normalized spacial score (nSPS) is 12.8. The summed E-state index contributed by atoms with van der Waals surface area (Å²) in [6.45, 7) is -0.156. The van der Waals surface area contributed by atoms with Crippen LogP contribution in [-0.2, 0) is 19.2 Å². The third-order valence-corrected chi connectivity index (χ3v) is 2.24. The number of aliphatic carboxylic acids is 4. The van der Waals surface area contributed by atoms with Crippen molar-refractivity contribution in [2.75, 3.05) is 13.1 Å². The maximum absolute atomic E-state index is 10.7. The average Bonchev–Trinajstić information content (AvgIpc) is 2.29. The minimum atomic E-state index is -1.60. The largest absolute Gasteiger partial charge is 2.00 e. The van der Waals surface area contributed by atoms with Crippen molar-refractivity contribution >= 4 is 46.9 Å². The molecule has 11 heteroatoms. The summed E-state index contributed by atoms with van der Waals surface area (Å²) in [5.41, 5.74) is 0. The molecule has 0 aromatic rings. The Morgan fingerprint density at radius 1 is 0.905 bits per heavy atom. The van der Waals surface area contributed by atoms with E-state index in [1.807, 2.05) is 0 Å². The monoisotopic (exact) mass is 314 g/mol. The van der Waals surface area contributed by atoms with Gasteiger partial charge in [0.2, 0.25) is 0 Å². The van der Waals surface area contributed by atoms with Gasteiger partial charge in [0.25, 0.3) is 0 Å². The number of nitrogens with one attached hydrogen (secondary N) is 2.